The summed E-state index contributed by atoms with van der Waals surface area (Å²) in [7, 11) is 1.73. The van der Waals surface area contributed by atoms with E-state index in [0.717, 1.165) is 12.2 Å². The van der Waals surface area contributed by atoms with E-state index in [1.165, 1.54) is 34.6 Å². The number of benzene rings is 2. The molecule has 0 heterocycles. The Labute approximate surface area is 130 Å². The number of hydrogen-bond acceptors (Lipinski definition) is 3. The van der Waals surface area contributed by atoms with Crippen molar-refractivity contribution < 1.29 is 4.74 Å². The van der Waals surface area contributed by atoms with Crippen molar-refractivity contribution in [3.63, 3.8) is 0 Å². The van der Waals surface area contributed by atoms with Gasteiger partial charge in [0.15, 0.2) is 0 Å². The lowest BCUT2D eigenvalue weighted by atomic mass is 9.87. The minimum Gasteiger partial charge on any atom is -0.497 e. The van der Waals surface area contributed by atoms with Crippen LogP contribution in [0.1, 0.15) is 30.0 Å². The first-order valence-corrected chi connectivity index (χ1v) is 8.60. The third-order valence-electron chi connectivity index (χ3n) is 4.08. The standard InChI is InChI=1S/C18H21NOS/c1-20-15-9-10-17-13(11-15)5-3-8-18(17)19-14-6-4-7-16(12-14)21-2/h4,6-7,9-12,18-19H,3,5,8H2,1-2H3. The molecular weight excluding hydrogens is 278 g/mol. The van der Waals surface area contributed by atoms with Crippen molar-refractivity contribution >= 4 is 17.4 Å². The molecule has 1 N–H and O–H groups in total. The number of anilines is 1. The molecule has 0 radical (unpaired) electrons. The molecule has 0 aromatic heterocycles. The van der Waals surface area contributed by atoms with Crippen LogP contribution in [0.5, 0.6) is 5.75 Å². The SMILES string of the molecule is COc1ccc2c(c1)CCCC2Nc1cccc(SC)c1. The minimum atomic E-state index is 0.400. The fraction of sp³-hybridized carbons (Fsp3) is 0.333. The van der Waals surface area contributed by atoms with Crippen LogP contribution in [0.4, 0.5) is 5.69 Å². The van der Waals surface area contributed by atoms with E-state index in [0.29, 0.717) is 6.04 Å². The Balaban J connectivity index is 1.84. The van der Waals surface area contributed by atoms with Gasteiger partial charge in [-0.1, -0.05) is 12.1 Å². The Morgan fingerprint density at radius 3 is 2.90 bits per heavy atom. The maximum Gasteiger partial charge on any atom is 0.119 e. The highest BCUT2D eigenvalue weighted by Crippen LogP contribution is 2.35. The Morgan fingerprint density at radius 2 is 2.10 bits per heavy atom. The first-order valence-electron chi connectivity index (χ1n) is 7.37. The molecule has 2 nitrogen and oxygen atoms in total. The van der Waals surface area contributed by atoms with E-state index >= 15 is 0 Å². The molecular formula is C18H21NOS. The monoisotopic (exact) mass is 299 g/mol. The molecule has 0 fully saturated rings. The average Bonchev–Trinajstić information content (AvgIpc) is 2.55. The Bertz CT molecular complexity index is 626. The third kappa shape index (κ3) is 3.18. The van der Waals surface area contributed by atoms with Crippen LogP contribution < -0.4 is 10.1 Å². The number of nitrogens with one attached hydrogen (secondary N) is 1. The molecule has 1 unspecified atom stereocenters. The van der Waals surface area contributed by atoms with Gasteiger partial charge in [0.25, 0.3) is 0 Å². The van der Waals surface area contributed by atoms with Crippen molar-refractivity contribution in [2.45, 2.75) is 30.2 Å². The summed E-state index contributed by atoms with van der Waals surface area (Å²) in [6.07, 6.45) is 5.67. The predicted octanol–water partition coefficient (Wildman–Crippen LogP) is 4.91. The van der Waals surface area contributed by atoms with Crippen LogP contribution in [0, 0.1) is 0 Å². The zero-order valence-electron chi connectivity index (χ0n) is 12.6. The first kappa shape index (κ1) is 14.3. The second-order valence-corrected chi connectivity index (χ2v) is 6.27. The fourth-order valence-corrected chi connectivity index (χ4v) is 3.44. The molecule has 0 amide bonds. The number of methoxy groups -OCH3 is 1. The second kappa shape index (κ2) is 6.44. The summed E-state index contributed by atoms with van der Waals surface area (Å²) in [5.41, 5.74) is 4.03. The highest BCUT2D eigenvalue weighted by Gasteiger charge is 2.20. The number of rotatable bonds is 4. The van der Waals surface area contributed by atoms with Crippen molar-refractivity contribution in [1.29, 1.82) is 0 Å². The smallest absolute Gasteiger partial charge is 0.119 e. The molecule has 2 aromatic rings. The minimum absolute atomic E-state index is 0.400. The van der Waals surface area contributed by atoms with Crippen molar-refractivity contribution in [3.05, 3.63) is 53.6 Å². The van der Waals surface area contributed by atoms with E-state index in [9.17, 15) is 0 Å². The molecule has 1 aliphatic carbocycles. The number of hydrogen-bond donors (Lipinski definition) is 1. The van der Waals surface area contributed by atoms with E-state index in [2.05, 4.69) is 54.0 Å². The zero-order chi connectivity index (χ0) is 14.7. The van der Waals surface area contributed by atoms with Gasteiger partial charge in [0.2, 0.25) is 0 Å². The number of fused-ring (bicyclic) bond motifs is 1. The maximum absolute atomic E-state index is 5.34. The molecule has 3 rings (SSSR count). The molecule has 1 aliphatic rings. The Morgan fingerprint density at radius 1 is 1.19 bits per heavy atom. The van der Waals surface area contributed by atoms with Crippen LogP contribution >= 0.6 is 11.8 Å². The second-order valence-electron chi connectivity index (χ2n) is 5.39. The van der Waals surface area contributed by atoms with Crippen LogP contribution in [0.25, 0.3) is 0 Å². The molecule has 3 heteroatoms. The van der Waals surface area contributed by atoms with Crippen LogP contribution in [-0.4, -0.2) is 13.4 Å². The number of thioether (sulfide) groups is 1. The summed E-state index contributed by atoms with van der Waals surface area (Å²) in [6, 6.07) is 15.5. The molecule has 0 spiro atoms. The fourth-order valence-electron chi connectivity index (χ4n) is 2.98. The Hall–Kier alpha value is -1.61. The van der Waals surface area contributed by atoms with E-state index in [4.69, 9.17) is 4.74 Å². The van der Waals surface area contributed by atoms with Gasteiger partial charge in [-0.15, -0.1) is 11.8 Å². The number of ether oxygens (including phenoxy) is 1. The van der Waals surface area contributed by atoms with Crippen molar-refractivity contribution in [1.82, 2.24) is 0 Å². The quantitative estimate of drug-likeness (QED) is 0.811. The lowest BCUT2D eigenvalue weighted by Gasteiger charge is -2.27. The van der Waals surface area contributed by atoms with Crippen molar-refractivity contribution in [2.75, 3.05) is 18.7 Å². The molecule has 1 atom stereocenters. The highest BCUT2D eigenvalue weighted by atomic mass is 32.2. The topological polar surface area (TPSA) is 21.3 Å². The van der Waals surface area contributed by atoms with Crippen LogP contribution in [-0.2, 0) is 6.42 Å². The van der Waals surface area contributed by atoms with Gasteiger partial charge in [0, 0.05) is 10.6 Å². The van der Waals surface area contributed by atoms with E-state index in [1.54, 1.807) is 18.9 Å². The lowest BCUT2D eigenvalue weighted by molar-refractivity contribution is 0.413. The van der Waals surface area contributed by atoms with Gasteiger partial charge in [-0.2, -0.15) is 0 Å². The van der Waals surface area contributed by atoms with Gasteiger partial charge in [0.05, 0.1) is 13.2 Å². The lowest BCUT2D eigenvalue weighted by Crippen LogP contribution is -2.17. The summed E-state index contributed by atoms with van der Waals surface area (Å²) in [5, 5.41) is 3.70. The highest BCUT2D eigenvalue weighted by molar-refractivity contribution is 7.98. The van der Waals surface area contributed by atoms with Crippen LogP contribution in [0.2, 0.25) is 0 Å². The van der Waals surface area contributed by atoms with Crippen molar-refractivity contribution in [3.8, 4) is 5.75 Å². The van der Waals surface area contributed by atoms with Gasteiger partial charge >= 0.3 is 0 Å². The number of aryl methyl sites for hydroxylation is 1. The molecule has 0 saturated heterocycles. The molecule has 2 aromatic carbocycles. The third-order valence-corrected chi connectivity index (χ3v) is 4.80. The van der Waals surface area contributed by atoms with Gasteiger partial charge in [-0.3, -0.25) is 0 Å². The zero-order valence-corrected chi connectivity index (χ0v) is 13.4. The molecule has 0 aliphatic heterocycles. The van der Waals surface area contributed by atoms with E-state index in [1.807, 2.05) is 0 Å². The normalized spacial score (nSPS) is 17.1. The summed E-state index contributed by atoms with van der Waals surface area (Å²) in [5.74, 6) is 0.957. The summed E-state index contributed by atoms with van der Waals surface area (Å²) in [6.45, 7) is 0. The summed E-state index contributed by atoms with van der Waals surface area (Å²) in [4.78, 5) is 1.30. The average molecular weight is 299 g/mol. The van der Waals surface area contributed by atoms with Crippen molar-refractivity contribution in [2.24, 2.45) is 0 Å². The predicted molar refractivity (Wildman–Crippen MR) is 90.5 cm³/mol. The van der Waals surface area contributed by atoms with E-state index in [-0.39, 0.29) is 0 Å². The van der Waals surface area contributed by atoms with Gasteiger partial charge in [0.1, 0.15) is 5.75 Å². The Kier molecular flexibility index (Phi) is 4.39. The summed E-state index contributed by atoms with van der Waals surface area (Å²) < 4.78 is 5.34. The molecule has 110 valence electrons. The van der Waals surface area contributed by atoms with Crippen LogP contribution in [0.3, 0.4) is 0 Å². The first-order chi connectivity index (χ1) is 10.3. The molecule has 21 heavy (non-hydrogen) atoms. The van der Waals surface area contributed by atoms with Gasteiger partial charge in [-0.05, 0) is 67.0 Å². The maximum atomic E-state index is 5.34. The summed E-state index contributed by atoms with van der Waals surface area (Å²) >= 11 is 1.78. The molecule has 0 bridgehead atoms. The van der Waals surface area contributed by atoms with Crippen LogP contribution in [0.15, 0.2) is 47.4 Å². The van der Waals surface area contributed by atoms with Gasteiger partial charge < -0.3 is 10.1 Å². The largest absolute Gasteiger partial charge is 0.497 e. The molecule has 0 saturated carbocycles. The van der Waals surface area contributed by atoms with E-state index < -0.39 is 0 Å². The van der Waals surface area contributed by atoms with Gasteiger partial charge in [-0.25, -0.2) is 0 Å².